The Bertz CT molecular complexity index is 418. The van der Waals surface area contributed by atoms with Crippen molar-refractivity contribution in [3.8, 4) is 0 Å². The van der Waals surface area contributed by atoms with E-state index < -0.39 is 0 Å². The van der Waals surface area contributed by atoms with Gasteiger partial charge in [-0.1, -0.05) is 0 Å². The normalized spacial score (nSPS) is 38.5. The van der Waals surface area contributed by atoms with Crippen molar-refractivity contribution >= 4 is 0 Å². The van der Waals surface area contributed by atoms with Gasteiger partial charge < -0.3 is 23.8 Å². The molecular weight excluding hydrogens is 334 g/mol. The van der Waals surface area contributed by atoms with Crippen molar-refractivity contribution in [2.75, 3.05) is 80.4 Å². The molecule has 3 aliphatic heterocycles. The third-order valence-electron chi connectivity index (χ3n) is 5.82. The van der Waals surface area contributed by atoms with Crippen LogP contribution in [0, 0.1) is 0 Å². The number of morpholine rings is 3. The topological polar surface area (TPSA) is 46.6 Å². The van der Waals surface area contributed by atoms with Gasteiger partial charge in [0.15, 0.2) is 0 Å². The van der Waals surface area contributed by atoms with Crippen LogP contribution in [-0.2, 0) is 18.9 Å². The molecule has 7 heteroatoms. The first-order valence-electron chi connectivity index (χ1n) is 10.0. The molecule has 3 fully saturated rings. The summed E-state index contributed by atoms with van der Waals surface area (Å²) < 4.78 is 23.8. The van der Waals surface area contributed by atoms with Crippen molar-refractivity contribution in [3.05, 3.63) is 0 Å². The second-order valence-corrected chi connectivity index (χ2v) is 8.32. The van der Waals surface area contributed by atoms with Gasteiger partial charge in [-0.05, 0) is 28.1 Å². The predicted molar refractivity (Wildman–Crippen MR) is 101 cm³/mol. The molecule has 0 aromatic rings. The second-order valence-electron chi connectivity index (χ2n) is 8.32. The highest BCUT2D eigenvalue weighted by Gasteiger charge is 2.31. The molecule has 0 aromatic carbocycles. The molecule has 0 bridgehead atoms. The van der Waals surface area contributed by atoms with Gasteiger partial charge in [-0.25, -0.2) is 0 Å². The summed E-state index contributed by atoms with van der Waals surface area (Å²) in [4.78, 5) is 7.06. The fraction of sp³-hybridized carbons (Fsp3) is 1.00. The van der Waals surface area contributed by atoms with E-state index >= 15 is 0 Å². The molecule has 5 atom stereocenters. The lowest BCUT2D eigenvalue weighted by molar-refractivity contribution is -0.124. The maximum Gasteiger partial charge on any atom is 0.0731 e. The molecule has 26 heavy (non-hydrogen) atoms. The minimum atomic E-state index is 0.248. The van der Waals surface area contributed by atoms with Crippen LogP contribution in [0.3, 0.4) is 0 Å². The van der Waals surface area contributed by atoms with Crippen LogP contribution in [0.15, 0.2) is 0 Å². The van der Waals surface area contributed by atoms with Crippen molar-refractivity contribution in [1.82, 2.24) is 14.7 Å². The Balaban J connectivity index is 1.35. The maximum absolute atomic E-state index is 6.14. The van der Waals surface area contributed by atoms with Gasteiger partial charge >= 0.3 is 0 Å². The molecule has 0 saturated carbocycles. The van der Waals surface area contributed by atoms with E-state index in [1.807, 2.05) is 0 Å². The monoisotopic (exact) mass is 371 g/mol. The highest BCUT2D eigenvalue weighted by Crippen LogP contribution is 2.19. The zero-order valence-electron chi connectivity index (χ0n) is 16.9. The number of nitrogens with zero attached hydrogens (tertiary/aromatic N) is 3. The SMILES string of the molecule is C[C@@H]1CN(C)CC(C[C@H]2CN(C)C(COC[C@@H]3COCCN3C)CO2)O1. The van der Waals surface area contributed by atoms with Crippen LogP contribution in [0.1, 0.15) is 13.3 Å². The minimum absolute atomic E-state index is 0.248. The standard InChI is InChI=1S/C19H37N3O4/c1-15-8-20(2)9-19(26-15)7-18-10-22(4)17(14-25-18)13-24-12-16-11-23-6-5-21(16)3/h15-19H,5-14H2,1-4H3/t15-,16+,17?,18+,19?/m1/s1. The average Bonchev–Trinajstić information content (AvgIpc) is 2.57. The van der Waals surface area contributed by atoms with E-state index in [0.717, 1.165) is 59.0 Å². The van der Waals surface area contributed by atoms with Gasteiger partial charge in [0, 0.05) is 32.6 Å². The molecule has 152 valence electrons. The summed E-state index contributed by atoms with van der Waals surface area (Å²) in [6, 6.07) is 0.698. The average molecular weight is 372 g/mol. The molecule has 0 aliphatic carbocycles. The lowest BCUT2D eigenvalue weighted by atomic mass is 10.1. The van der Waals surface area contributed by atoms with Crippen LogP contribution in [0.25, 0.3) is 0 Å². The predicted octanol–water partition coefficient (Wildman–Crippen LogP) is 0.142. The Hall–Kier alpha value is -0.280. The van der Waals surface area contributed by atoms with Crippen LogP contribution in [0.2, 0.25) is 0 Å². The highest BCUT2D eigenvalue weighted by atomic mass is 16.5. The van der Waals surface area contributed by atoms with Crippen molar-refractivity contribution in [1.29, 1.82) is 0 Å². The molecule has 3 aliphatic rings. The van der Waals surface area contributed by atoms with E-state index in [1.54, 1.807) is 0 Å². The van der Waals surface area contributed by atoms with Gasteiger partial charge in [-0.15, -0.1) is 0 Å². The van der Waals surface area contributed by atoms with E-state index in [-0.39, 0.29) is 12.2 Å². The molecule has 3 rings (SSSR count). The van der Waals surface area contributed by atoms with Crippen molar-refractivity contribution in [3.63, 3.8) is 0 Å². The summed E-state index contributed by atoms with van der Waals surface area (Å²) >= 11 is 0. The Morgan fingerprint density at radius 2 is 1.69 bits per heavy atom. The summed E-state index contributed by atoms with van der Waals surface area (Å²) in [6.07, 6.45) is 1.80. The van der Waals surface area contributed by atoms with E-state index in [1.165, 1.54) is 0 Å². The van der Waals surface area contributed by atoms with Crippen LogP contribution < -0.4 is 0 Å². The summed E-state index contributed by atoms with van der Waals surface area (Å²) in [7, 11) is 6.49. The van der Waals surface area contributed by atoms with Gasteiger partial charge in [-0.2, -0.15) is 0 Å². The largest absolute Gasteiger partial charge is 0.378 e. The molecule has 7 nitrogen and oxygen atoms in total. The number of hydrogen-bond acceptors (Lipinski definition) is 7. The first kappa shape index (κ1) is 20.5. The van der Waals surface area contributed by atoms with Crippen molar-refractivity contribution in [2.45, 2.75) is 43.7 Å². The lowest BCUT2D eigenvalue weighted by Crippen LogP contribution is -2.53. The fourth-order valence-electron chi connectivity index (χ4n) is 4.17. The number of ether oxygens (including phenoxy) is 4. The van der Waals surface area contributed by atoms with Crippen molar-refractivity contribution < 1.29 is 18.9 Å². The Labute approximate surface area is 158 Å². The zero-order valence-corrected chi connectivity index (χ0v) is 16.9. The maximum atomic E-state index is 6.14. The number of likely N-dealkylation sites (N-methyl/N-ethyl adjacent to an activating group) is 3. The zero-order chi connectivity index (χ0) is 18.5. The molecule has 2 unspecified atom stereocenters. The first-order valence-corrected chi connectivity index (χ1v) is 10.0. The molecule has 0 spiro atoms. The van der Waals surface area contributed by atoms with E-state index in [0.29, 0.717) is 24.8 Å². The smallest absolute Gasteiger partial charge is 0.0731 e. The Morgan fingerprint density at radius 3 is 2.38 bits per heavy atom. The molecule has 3 heterocycles. The molecule has 0 radical (unpaired) electrons. The molecule has 3 saturated heterocycles. The van der Waals surface area contributed by atoms with E-state index in [2.05, 4.69) is 42.8 Å². The van der Waals surface area contributed by atoms with Gasteiger partial charge in [0.1, 0.15) is 0 Å². The van der Waals surface area contributed by atoms with Crippen LogP contribution >= 0.6 is 0 Å². The third kappa shape index (κ3) is 5.86. The third-order valence-corrected chi connectivity index (χ3v) is 5.82. The van der Waals surface area contributed by atoms with Gasteiger partial charge in [-0.3, -0.25) is 9.80 Å². The van der Waals surface area contributed by atoms with Gasteiger partial charge in [0.05, 0.1) is 63.4 Å². The van der Waals surface area contributed by atoms with Crippen LogP contribution in [-0.4, -0.2) is 125 Å². The molecular formula is C19H37N3O4. The molecule has 0 N–H and O–H groups in total. The van der Waals surface area contributed by atoms with Crippen LogP contribution in [0.4, 0.5) is 0 Å². The van der Waals surface area contributed by atoms with Gasteiger partial charge in [0.2, 0.25) is 0 Å². The van der Waals surface area contributed by atoms with Gasteiger partial charge in [0.25, 0.3) is 0 Å². The minimum Gasteiger partial charge on any atom is -0.378 e. The Kier molecular flexibility index (Phi) is 7.69. The molecule has 0 amide bonds. The molecule has 0 aromatic heterocycles. The fourth-order valence-corrected chi connectivity index (χ4v) is 4.17. The number of hydrogen-bond donors (Lipinski definition) is 0. The second kappa shape index (κ2) is 9.78. The summed E-state index contributed by atoms with van der Waals surface area (Å²) in [5.41, 5.74) is 0. The summed E-state index contributed by atoms with van der Waals surface area (Å²) in [6.45, 7) is 9.86. The highest BCUT2D eigenvalue weighted by molar-refractivity contribution is 4.83. The van der Waals surface area contributed by atoms with E-state index in [4.69, 9.17) is 18.9 Å². The van der Waals surface area contributed by atoms with Crippen LogP contribution in [0.5, 0.6) is 0 Å². The first-order chi connectivity index (χ1) is 12.5. The quantitative estimate of drug-likeness (QED) is 0.658. The summed E-state index contributed by atoms with van der Waals surface area (Å²) in [5.74, 6) is 0. The van der Waals surface area contributed by atoms with E-state index in [9.17, 15) is 0 Å². The number of rotatable bonds is 6. The van der Waals surface area contributed by atoms with Crippen molar-refractivity contribution in [2.24, 2.45) is 0 Å². The lowest BCUT2D eigenvalue weighted by Gasteiger charge is -2.41. The summed E-state index contributed by atoms with van der Waals surface area (Å²) in [5, 5.41) is 0. The Morgan fingerprint density at radius 1 is 0.923 bits per heavy atom.